The van der Waals surface area contributed by atoms with E-state index in [1.165, 1.54) is 5.56 Å². The standard InChI is InChI=1S/C25H26N4O2/c1-5-19-6-8-20(9-7-19)29-27-23-13-18(4)22(14-24(23)28-29)26-25(30)15-31-21-11-16(2)10-17(3)12-21/h6-14H,5,15H2,1-4H3,(H,26,30). The molecule has 0 aliphatic heterocycles. The Morgan fingerprint density at radius 3 is 2.23 bits per heavy atom. The predicted octanol–water partition coefficient (Wildman–Crippen LogP) is 4.93. The van der Waals surface area contributed by atoms with Crippen LogP contribution in [0.5, 0.6) is 5.75 Å². The first-order valence-electron chi connectivity index (χ1n) is 10.4. The highest BCUT2D eigenvalue weighted by atomic mass is 16.5. The first-order valence-corrected chi connectivity index (χ1v) is 10.4. The number of hydrogen-bond acceptors (Lipinski definition) is 4. The smallest absolute Gasteiger partial charge is 0.262 e. The Labute approximate surface area is 181 Å². The van der Waals surface area contributed by atoms with Crippen molar-refractivity contribution in [2.75, 3.05) is 11.9 Å². The van der Waals surface area contributed by atoms with Gasteiger partial charge in [-0.3, -0.25) is 4.79 Å². The van der Waals surface area contributed by atoms with Crippen LogP contribution < -0.4 is 10.1 Å². The van der Waals surface area contributed by atoms with Gasteiger partial charge in [-0.25, -0.2) is 0 Å². The highest BCUT2D eigenvalue weighted by Crippen LogP contribution is 2.23. The summed E-state index contributed by atoms with van der Waals surface area (Å²) in [4.78, 5) is 14.1. The summed E-state index contributed by atoms with van der Waals surface area (Å²) in [7, 11) is 0. The lowest BCUT2D eigenvalue weighted by Gasteiger charge is -2.10. The number of fused-ring (bicyclic) bond motifs is 1. The third kappa shape index (κ3) is 4.74. The molecule has 0 aliphatic rings. The molecule has 0 spiro atoms. The summed E-state index contributed by atoms with van der Waals surface area (Å²) >= 11 is 0. The van der Waals surface area contributed by atoms with Gasteiger partial charge in [0.2, 0.25) is 0 Å². The maximum Gasteiger partial charge on any atom is 0.262 e. The van der Waals surface area contributed by atoms with Crippen molar-refractivity contribution >= 4 is 22.6 Å². The summed E-state index contributed by atoms with van der Waals surface area (Å²) in [6.07, 6.45) is 0.990. The van der Waals surface area contributed by atoms with Crippen LogP contribution in [0.4, 0.5) is 5.69 Å². The Hall–Kier alpha value is -3.67. The topological polar surface area (TPSA) is 69.0 Å². The molecule has 0 aliphatic carbocycles. The monoisotopic (exact) mass is 414 g/mol. The molecule has 0 radical (unpaired) electrons. The summed E-state index contributed by atoms with van der Waals surface area (Å²) in [6.45, 7) is 8.01. The van der Waals surface area contributed by atoms with Gasteiger partial charge in [0.1, 0.15) is 16.8 Å². The van der Waals surface area contributed by atoms with Crippen LogP contribution in [-0.2, 0) is 11.2 Å². The van der Waals surface area contributed by atoms with Crippen molar-refractivity contribution < 1.29 is 9.53 Å². The van der Waals surface area contributed by atoms with E-state index in [-0.39, 0.29) is 12.5 Å². The molecule has 0 saturated heterocycles. The summed E-state index contributed by atoms with van der Waals surface area (Å²) in [5, 5.41) is 12.1. The zero-order valence-electron chi connectivity index (χ0n) is 18.3. The van der Waals surface area contributed by atoms with E-state index in [1.807, 2.05) is 57.2 Å². The molecule has 1 aromatic heterocycles. The molecule has 0 fully saturated rings. The van der Waals surface area contributed by atoms with E-state index < -0.39 is 0 Å². The van der Waals surface area contributed by atoms with Crippen LogP contribution >= 0.6 is 0 Å². The number of nitrogens with one attached hydrogen (secondary N) is 1. The fourth-order valence-corrected chi connectivity index (χ4v) is 3.53. The zero-order valence-corrected chi connectivity index (χ0v) is 18.3. The molecule has 31 heavy (non-hydrogen) atoms. The fourth-order valence-electron chi connectivity index (χ4n) is 3.53. The van der Waals surface area contributed by atoms with Gasteiger partial charge in [-0.15, -0.1) is 10.2 Å². The number of amides is 1. The molecular formula is C25H26N4O2. The fraction of sp³-hybridized carbons (Fsp3) is 0.240. The van der Waals surface area contributed by atoms with E-state index in [4.69, 9.17) is 4.74 Å². The van der Waals surface area contributed by atoms with E-state index in [0.29, 0.717) is 11.4 Å². The summed E-state index contributed by atoms with van der Waals surface area (Å²) in [5.74, 6) is 0.473. The maximum absolute atomic E-state index is 12.5. The predicted molar refractivity (Wildman–Crippen MR) is 123 cm³/mol. The molecular weight excluding hydrogens is 388 g/mol. The van der Waals surface area contributed by atoms with Crippen molar-refractivity contribution in [1.82, 2.24) is 15.0 Å². The van der Waals surface area contributed by atoms with Crippen LogP contribution in [0.3, 0.4) is 0 Å². The van der Waals surface area contributed by atoms with Crippen LogP contribution in [0.25, 0.3) is 16.7 Å². The van der Waals surface area contributed by atoms with Crippen LogP contribution in [0.2, 0.25) is 0 Å². The summed E-state index contributed by atoms with van der Waals surface area (Å²) in [5.41, 5.74) is 7.49. The highest BCUT2D eigenvalue weighted by molar-refractivity contribution is 5.95. The molecule has 3 aromatic carbocycles. The Balaban J connectivity index is 1.49. The van der Waals surface area contributed by atoms with E-state index in [9.17, 15) is 4.79 Å². The van der Waals surface area contributed by atoms with Gasteiger partial charge in [0, 0.05) is 5.69 Å². The number of aryl methyl sites for hydroxylation is 4. The molecule has 0 bridgehead atoms. The van der Waals surface area contributed by atoms with Gasteiger partial charge >= 0.3 is 0 Å². The average Bonchev–Trinajstić information content (AvgIpc) is 3.14. The minimum absolute atomic E-state index is 0.0587. The quantitative estimate of drug-likeness (QED) is 0.486. The Bertz CT molecular complexity index is 1220. The van der Waals surface area contributed by atoms with Gasteiger partial charge < -0.3 is 10.1 Å². The number of hydrogen-bond donors (Lipinski definition) is 1. The summed E-state index contributed by atoms with van der Waals surface area (Å²) < 4.78 is 5.67. The molecule has 6 heteroatoms. The summed E-state index contributed by atoms with van der Waals surface area (Å²) in [6, 6.07) is 17.9. The average molecular weight is 415 g/mol. The van der Waals surface area contributed by atoms with Crippen LogP contribution in [0.15, 0.2) is 54.6 Å². The minimum Gasteiger partial charge on any atom is -0.484 e. The van der Waals surface area contributed by atoms with Gasteiger partial charge in [0.25, 0.3) is 5.91 Å². The van der Waals surface area contributed by atoms with E-state index in [0.717, 1.165) is 39.8 Å². The number of anilines is 1. The molecule has 0 atom stereocenters. The normalized spacial score (nSPS) is 11.0. The van der Waals surface area contributed by atoms with E-state index >= 15 is 0 Å². The van der Waals surface area contributed by atoms with E-state index in [1.54, 1.807) is 4.80 Å². The molecule has 158 valence electrons. The Morgan fingerprint density at radius 1 is 0.935 bits per heavy atom. The maximum atomic E-state index is 12.5. The molecule has 6 nitrogen and oxygen atoms in total. The van der Waals surface area contributed by atoms with Crippen LogP contribution in [0, 0.1) is 20.8 Å². The van der Waals surface area contributed by atoms with Crippen molar-refractivity contribution in [3.05, 3.63) is 76.9 Å². The number of aromatic nitrogens is 3. The van der Waals surface area contributed by atoms with E-state index in [2.05, 4.69) is 40.6 Å². The second-order valence-corrected chi connectivity index (χ2v) is 7.83. The third-order valence-corrected chi connectivity index (χ3v) is 5.14. The number of benzene rings is 3. The molecule has 4 aromatic rings. The van der Waals surface area contributed by atoms with Crippen LogP contribution in [-0.4, -0.2) is 27.5 Å². The molecule has 0 unspecified atom stereocenters. The molecule has 0 saturated carbocycles. The number of rotatable bonds is 6. The van der Waals surface area contributed by atoms with Crippen molar-refractivity contribution in [1.29, 1.82) is 0 Å². The van der Waals surface area contributed by atoms with Crippen molar-refractivity contribution in [3.63, 3.8) is 0 Å². The van der Waals surface area contributed by atoms with Crippen molar-refractivity contribution in [2.45, 2.75) is 34.1 Å². The number of carbonyl (C=O) groups is 1. The minimum atomic E-state index is -0.218. The first kappa shape index (κ1) is 20.6. The number of nitrogens with zero attached hydrogens (tertiary/aromatic N) is 3. The molecule has 4 rings (SSSR count). The SMILES string of the molecule is CCc1ccc(-n2nc3cc(C)c(NC(=O)COc4cc(C)cc(C)c4)cc3n2)cc1. The Morgan fingerprint density at radius 2 is 1.58 bits per heavy atom. The molecule has 1 N–H and O–H groups in total. The number of carbonyl (C=O) groups excluding carboxylic acids is 1. The second kappa shape index (κ2) is 8.60. The third-order valence-electron chi connectivity index (χ3n) is 5.14. The van der Waals surface area contributed by atoms with Gasteiger partial charge in [0.15, 0.2) is 6.61 Å². The second-order valence-electron chi connectivity index (χ2n) is 7.83. The molecule has 1 amide bonds. The zero-order chi connectivity index (χ0) is 22.0. The lowest BCUT2D eigenvalue weighted by Crippen LogP contribution is -2.20. The van der Waals surface area contributed by atoms with Gasteiger partial charge in [0.05, 0.1) is 5.69 Å². The lowest BCUT2D eigenvalue weighted by atomic mass is 10.1. The van der Waals surface area contributed by atoms with Crippen molar-refractivity contribution in [2.24, 2.45) is 0 Å². The molecule has 1 heterocycles. The van der Waals surface area contributed by atoms with Gasteiger partial charge in [-0.05, 0) is 85.8 Å². The lowest BCUT2D eigenvalue weighted by molar-refractivity contribution is -0.118. The van der Waals surface area contributed by atoms with Crippen LogP contribution in [0.1, 0.15) is 29.2 Å². The van der Waals surface area contributed by atoms with Crippen molar-refractivity contribution in [3.8, 4) is 11.4 Å². The Kier molecular flexibility index (Phi) is 5.71. The highest BCUT2D eigenvalue weighted by Gasteiger charge is 2.11. The van der Waals surface area contributed by atoms with Gasteiger partial charge in [-0.2, -0.15) is 4.80 Å². The first-order chi connectivity index (χ1) is 14.9. The van der Waals surface area contributed by atoms with Gasteiger partial charge in [-0.1, -0.05) is 25.1 Å². The largest absolute Gasteiger partial charge is 0.484 e. The number of ether oxygens (including phenoxy) is 1.